The van der Waals surface area contributed by atoms with Crippen LogP contribution in [0.2, 0.25) is 0 Å². The molecular weight excluding hydrogens is 398 g/mol. The van der Waals surface area contributed by atoms with Crippen molar-refractivity contribution in [3.63, 3.8) is 0 Å². The number of nitriles is 1. The molecule has 1 aromatic heterocycles. The van der Waals surface area contributed by atoms with Gasteiger partial charge in [0.05, 0.1) is 19.2 Å². The lowest BCUT2D eigenvalue weighted by atomic mass is 9.94. The molecule has 1 N–H and O–H groups in total. The molecule has 0 saturated carbocycles. The Morgan fingerprint density at radius 3 is 2.77 bits per heavy atom. The standard InChI is InChI=1S/C23H25N3O3S/c1-29-23(28)19-11-15-7-5-6-8-16(15)13-26(19)14-21(27)25-22-18(12-24)17-9-3-2-4-10-20(17)30-22/h5-8,19H,2-4,9-11,13-14H2,1H3,(H,25,27). The van der Waals surface area contributed by atoms with Crippen molar-refractivity contribution in [2.24, 2.45) is 0 Å². The van der Waals surface area contributed by atoms with Crippen molar-refractivity contribution >= 4 is 28.2 Å². The quantitative estimate of drug-likeness (QED) is 0.602. The number of nitrogens with one attached hydrogen (secondary N) is 1. The first-order valence-electron chi connectivity index (χ1n) is 10.3. The normalized spacial score (nSPS) is 18.5. The van der Waals surface area contributed by atoms with Gasteiger partial charge in [0.1, 0.15) is 17.1 Å². The molecule has 1 aliphatic heterocycles. The lowest BCUT2D eigenvalue weighted by molar-refractivity contribution is -0.148. The second kappa shape index (κ2) is 8.99. The fourth-order valence-electron chi connectivity index (χ4n) is 4.41. The van der Waals surface area contributed by atoms with E-state index in [1.165, 1.54) is 29.7 Å². The highest BCUT2D eigenvalue weighted by atomic mass is 32.1. The zero-order chi connectivity index (χ0) is 21.1. The van der Waals surface area contributed by atoms with Crippen LogP contribution in [0.5, 0.6) is 0 Å². The summed E-state index contributed by atoms with van der Waals surface area (Å²) in [6, 6.07) is 9.77. The number of rotatable bonds is 4. The summed E-state index contributed by atoms with van der Waals surface area (Å²) in [6.07, 6.45) is 5.78. The van der Waals surface area contributed by atoms with E-state index in [9.17, 15) is 14.9 Å². The summed E-state index contributed by atoms with van der Waals surface area (Å²) in [5.41, 5.74) is 3.94. The number of thiophene rings is 1. The minimum atomic E-state index is -0.494. The molecule has 0 radical (unpaired) electrons. The maximum atomic E-state index is 12.9. The molecule has 2 aliphatic rings. The van der Waals surface area contributed by atoms with Crippen molar-refractivity contribution in [1.82, 2.24) is 4.90 Å². The fraction of sp³-hybridized carbons (Fsp3) is 0.435. The first kappa shape index (κ1) is 20.6. The second-order valence-electron chi connectivity index (χ2n) is 7.85. The van der Waals surface area contributed by atoms with Crippen molar-refractivity contribution in [1.29, 1.82) is 5.26 Å². The molecule has 0 bridgehead atoms. The number of carbonyl (C=O) groups excluding carboxylic acids is 2. The number of benzene rings is 1. The van der Waals surface area contributed by atoms with Gasteiger partial charge in [-0.2, -0.15) is 5.26 Å². The summed E-state index contributed by atoms with van der Waals surface area (Å²) < 4.78 is 4.98. The monoisotopic (exact) mass is 423 g/mol. The van der Waals surface area contributed by atoms with Crippen LogP contribution in [0.4, 0.5) is 5.00 Å². The van der Waals surface area contributed by atoms with Crippen molar-refractivity contribution in [3.05, 3.63) is 51.4 Å². The summed E-state index contributed by atoms with van der Waals surface area (Å²) in [4.78, 5) is 28.3. The van der Waals surface area contributed by atoms with Crippen molar-refractivity contribution < 1.29 is 14.3 Å². The van der Waals surface area contributed by atoms with E-state index < -0.39 is 6.04 Å². The number of ether oxygens (including phenoxy) is 1. The summed E-state index contributed by atoms with van der Waals surface area (Å²) in [6.45, 7) is 0.580. The minimum Gasteiger partial charge on any atom is -0.468 e. The number of aryl methyl sites for hydroxylation is 1. The Kier molecular flexibility index (Phi) is 6.16. The first-order chi connectivity index (χ1) is 14.6. The van der Waals surface area contributed by atoms with E-state index >= 15 is 0 Å². The molecule has 1 amide bonds. The number of esters is 1. The van der Waals surface area contributed by atoms with E-state index in [-0.39, 0.29) is 18.4 Å². The lowest BCUT2D eigenvalue weighted by Crippen LogP contribution is -2.49. The Bertz CT molecular complexity index is 1010. The molecule has 1 atom stereocenters. The highest BCUT2D eigenvalue weighted by Gasteiger charge is 2.33. The smallest absolute Gasteiger partial charge is 0.323 e. The van der Waals surface area contributed by atoms with Crippen LogP contribution < -0.4 is 5.32 Å². The molecule has 6 nitrogen and oxygen atoms in total. The highest BCUT2D eigenvalue weighted by Crippen LogP contribution is 2.37. The van der Waals surface area contributed by atoms with E-state index in [2.05, 4.69) is 11.4 Å². The Morgan fingerprint density at radius 2 is 2.00 bits per heavy atom. The van der Waals surface area contributed by atoms with E-state index in [0.717, 1.165) is 42.4 Å². The summed E-state index contributed by atoms with van der Waals surface area (Å²) in [5, 5.41) is 13.3. The number of nitrogens with zero attached hydrogens (tertiary/aromatic N) is 2. The fourth-order valence-corrected chi connectivity index (χ4v) is 5.67. The van der Waals surface area contributed by atoms with Gasteiger partial charge in [-0.15, -0.1) is 11.3 Å². The maximum Gasteiger partial charge on any atom is 0.323 e. The number of anilines is 1. The topological polar surface area (TPSA) is 82.4 Å². The van der Waals surface area contributed by atoms with Crippen LogP contribution in [0.1, 0.15) is 46.4 Å². The van der Waals surface area contributed by atoms with Gasteiger partial charge in [-0.05, 0) is 48.8 Å². The highest BCUT2D eigenvalue weighted by molar-refractivity contribution is 7.16. The van der Waals surface area contributed by atoms with Crippen LogP contribution in [0, 0.1) is 11.3 Å². The van der Waals surface area contributed by atoms with E-state index in [1.54, 1.807) is 0 Å². The van der Waals surface area contributed by atoms with Crippen LogP contribution in [0.15, 0.2) is 24.3 Å². The van der Waals surface area contributed by atoms with Crippen LogP contribution in [0.3, 0.4) is 0 Å². The van der Waals surface area contributed by atoms with Gasteiger partial charge >= 0.3 is 5.97 Å². The van der Waals surface area contributed by atoms with E-state index in [1.807, 2.05) is 29.2 Å². The molecule has 2 heterocycles. The number of hydrogen-bond donors (Lipinski definition) is 1. The van der Waals surface area contributed by atoms with Crippen LogP contribution in [-0.2, 0) is 40.1 Å². The second-order valence-corrected chi connectivity index (χ2v) is 8.95. The van der Waals surface area contributed by atoms with Gasteiger partial charge < -0.3 is 10.1 Å². The van der Waals surface area contributed by atoms with E-state index in [0.29, 0.717) is 23.5 Å². The first-order valence-corrected chi connectivity index (χ1v) is 11.2. The number of methoxy groups -OCH3 is 1. The average molecular weight is 424 g/mol. The zero-order valence-electron chi connectivity index (χ0n) is 17.1. The molecular formula is C23H25N3O3S. The summed E-state index contributed by atoms with van der Waals surface area (Å²) in [7, 11) is 1.37. The molecule has 1 aromatic carbocycles. The molecule has 30 heavy (non-hydrogen) atoms. The third-order valence-electron chi connectivity index (χ3n) is 5.95. The Hall–Kier alpha value is -2.69. The van der Waals surface area contributed by atoms with Crippen molar-refractivity contribution in [3.8, 4) is 6.07 Å². The summed E-state index contributed by atoms with van der Waals surface area (Å²) in [5.74, 6) is -0.547. The SMILES string of the molecule is COC(=O)C1Cc2ccccc2CN1CC(=O)Nc1sc2c(c1C#N)CCCCC2. The van der Waals surface area contributed by atoms with Gasteiger partial charge in [-0.3, -0.25) is 14.5 Å². The van der Waals surface area contributed by atoms with Crippen LogP contribution in [-0.4, -0.2) is 36.5 Å². The van der Waals surface area contributed by atoms with Crippen molar-refractivity contribution in [2.45, 2.75) is 51.1 Å². The van der Waals surface area contributed by atoms with Crippen molar-refractivity contribution in [2.75, 3.05) is 19.0 Å². The zero-order valence-corrected chi connectivity index (χ0v) is 17.9. The number of carbonyl (C=O) groups is 2. The molecule has 0 spiro atoms. The minimum absolute atomic E-state index is 0.0710. The third-order valence-corrected chi connectivity index (χ3v) is 7.16. The number of fused-ring (bicyclic) bond motifs is 2. The van der Waals surface area contributed by atoms with Crippen LogP contribution >= 0.6 is 11.3 Å². The molecule has 0 saturated heterocycles. The van der Waals surface area contributed by atoms with Gasteiger partial charge in [0, 0.05) is 11.4 Å². The molecule has 156 valence electrons. The number of hydrogen-bond acceptors (Lipinski definition) is 6. The largest absolute Gasteiger partial charge is 0.468 e. The Labute approximate surface area is 180 Å². The molecule has 2 aromatic rings. The van der Waals surface area contributed by atoms with Gasteiger partial charge in [0.15, 0.2) is 0 Å². The molecule has 1 aliphatic carbocycles. The van der Waals surface area contributed by atoms with E-state index in [4.69, 9.17) is 4.74 Å². The van der Waals surface area contributed by atoms with Gasteiger partial charge in [-0.1, -0.05) is 30.7 Å². The van der Waals surface area contributed by atoms with Gasteiger partial charge in [0.25, 0.3) is 0 Å². The molecule has 0 fully saturated rings. The average Bonchev–Trinajstić information content (AvgIpc) is 2.91. The third kappa shape index (κ3) is 4.11. The molecule has 1 unspecified atom stereocenters. The predicted octanol–water partition coefficient (Wildman–Crippen LogP) is 3.43. The molecule has 4 rings (SSSR count). The maximum absolute atomic E-state index is 12.9. The lowest BCUT2D eigenvalue weighted by Gasteiger charge is -2.34. The number of amides is 1. The molecule has 7 heteroatoms. The Balaban J connectivity index is 1.52. The summed E-state index contributed by atoms with van der Waals surface area (Å²) >= 11 is 1.53. The van der Waals surface area contributed by atoms with Gasteiger partial charge in [0.2, 0.25) is 5.91 Å². The Morgan fingerprint density at radius 1 is 1.23 bits per heavy atom. The van der Waals surface area contributed by atoms with Crippen LogP contribution in [0.25, 0.3) is 0 Å². The predicted molar refractivity (Wildman–Crippen MR) is 115 cm³/mol. The van der Waals surface area contributed by atoms with Gasteiger partial charge in [-0.25, -0.2) is 0 Å².